The van der Waals surface area contributed by atoms with E-state index in [1.807, 2.05) is 6.07 Å². The summed E-state index contributed by atoms with van der Waals surface area (Å²) < 4.78 is 27.0. The molecule has 0 aliphatic carbocycles. The van der Waals surface area contributed by atoms with Gasteiger partial charge in [0.15, 0.2) is 0 Å². The molecule has 2 aromatic rings. The lowest BCUT2D eigenvalue weighted by Crippen LogP contribution is -2.13. The van der Waals surface area contributed by atoms with Crippen LogP contribution in [0.4, 0.5) is 11.4 Å². The topological polar surface area (TPSA) is 82.0 Å². The van der Waals surface area contributed by atoms with E-state index in [4.69, 9.17) is 16.9 Å². The van der Waals surface area contributed by atoms with Crippen molar-refractivity contribution < 1.29 is 8.42 Å². The molecule has 0 spiro atoms. The van der Waals surface area contributed by atoms with E-state index >= 15 is 0 Å². The van der Waals surface area contributed by atoms with Crippen LogP contribution >= 0.6 is 11.6 Å². The Morgan fingerprint density at radius 3 is 2.29 bits per heavy atom. The first-order chi connectivity index (χ1) is 9.96. The fraction of sp³-hybridized carbons (Fsp3) is 0.0714. The second-order valence-electron chi connectivity index (χ2n) is 4.19. The number of rotatable bonds is 4. The van der Waals surface area contributed by atoms with E-state index < -0.39 is 10.0 Å². The minimum Gasteiger partial charge on any atom is -0.388 e. The second kappa shape index (κ2) is 6.04. The van der Waals surface area contributed by atoms with E-state index in [0.29, 0.717) is 5.69 Å². The number of hydrogen-bond donors (Lipinski definition) is 2. The number of nitriles is 1. The molecular formula is C14H12ClN3O2S. The van der Waals surface area contributed by atoms with Crippen molar-refractivity contribution in [1.82, 2.24) is 0 Å². The molecule has 0 saturated heterocycles. The first-order valence-electron chi connectivity index (χ1n) is 5.96. The lowest BCUT2D eigenvalue weighted by Gasteiger charge is -2.09. The summed E-state index contributed by atoms with van der Waals surface area (Å²) in [6, 6.07) is 12.6. The number of anilines is 2. The van der Waals surface area contributed by atoms with Crippen LogP contribution in [0.3, 0.4) is 0 Å². The van der Waals surface area contributed by atoms with Crippen molar-refractivity contribution in [3.8, 4) is 6.07 Å². The van der Waals surface area contributed by atoms with Gasteiger partial charge < -0.3 is 5.32 Å². The molecule has 0 aromatic heterocycles. The van der Waals surface area contributed by atoms with Gasteiger partial charge in [0.1, 0.15) is 6.07 Å². The lowest BCUT2D eigenvalue weighted by molar-refractivity contribution is 0.601. The molecular weight excluding hydrogens is 310 g/mol. The van der Waals surface area contributed by atoms with Gasteiger partial charge in [0, 0.05) is 18.4 Å². The number of nitrogens with one attached hydrogen (secondary N) is 2. The van der Waals surface area contributed by atoms with Crippen LogP contribution in [0, 0.1) is 11.3 Å². The summed E-state index contributed by atoms with van der Waals surface area (Å²) in [7, 11) is -1.99. The Labute approximate surface area is 128 Å². The van der Waals surface area contributed by atoms with Crippen molar-refractivity contribution >= 4 is 33.0 Å². The highest BCUT2D eigenvalue weighted by Crippen LogP contribution is 2.22. The summed E-state index contributed by atoms with van der Waals surface area (Å²) in [6.07, 6.45) is 0. The monoisotopic (exact) mass is 321 g/mol. The number of benzene rings is 2. The van der Waals surface area contributed by atoms with E-state index in [1.165, 1.54) is 18.2 Å². The molecule has 0 unspecified atom stereocenters. The molecule has 0 atom stereocenters. The summed E-state index contributed by atoms with van der Waals surface area (Å²) in [4.78, 5) is -0.0128. The van der Waals surface area contributed by atoms with Crippen LogP contribution in [0.5, 0.6) is 0 Å². The van der Waals surface area contributed by atoms with Crippen LogP contribution in [0.25, 0.3) is 0 Å². The van der Waals surface area contributed by atoms with E-state index in [0.717, 1.165) is 5.69 Å². The maximum absolute atomic E-state index is 12.3. The van der Waals surface area contributed by atoms with E-state index in [9.17, 15) is 8.42 Å². The molecule has 0 aliphatic rings. The van der Waals surface area contributed by atoms with Gasteiger partial charge in [-0.1, -0.05) is 11.6 Å². The van der Waals surface area contributed by atoms with Crippen LogP contribution in [0.1, 0.15) is 5.56 Å². The molecule has 0 saturated carbocycles. The zero-order valence-corrected chi connectivity index (χ0v) is 12.7. The normalized spacial score (nSPS) is 10.7. The van der Waals surface area contributed by atoms with Gasteiger partial charge in [0.25, 0.3) is 10.0 Å². The summed E-state index contributed by atoms with van der Waals surface area (Å²) in [5.74, 6) is 0. The van der Waals surface area contributed by atoms with Gasteiger partial charge in [-0.3, -0.25) is 4.72 Å². The van der Waals surface area contributed by atoms with E-state index in [-0.39, 0.29) is 15.5 Å². The molecule has 7 heteroatoms. The molecule has 2 N–H and O–H groups in total. The van der Waals surface area contributed by atoms with Gasteiger partial charge in [0.2, 0.25) is 0 Å². The van der Waals surface area contributed by atoms with Crippen LogP contribution in [-0.2, 0) is 10.0 Å². The van der Waals surface area contributed by atoms with Crippen LogP contribution in [-0.4, -0.2) is 15.5 Å². The molecule has 0 fully saturated rings. The Hall–Kier alpha value is -2.23. The predicted octanol–water partition coefficient (Wildman–Crippen LogP) is 3.05. The number of hydrogen-bond acceptors (Lipinski definition) is 4. The largest absolute Gasteiger partial charge is 0.388 e. The first kappa shape index (κ1) is 15.2. The molecule has 5 nitrogen and oxygen atoms in total. The summed E-state index contributed by atoms with van der Waals surface area (Å²) in [6.45, 7) is 0. The molecule has 0 amide bonds. The quantitative estimate of drug-likeness (QED) is 0.906. The summed E-state index contributed by atoms with van der Waals surface area (Å²) in [5.41, 5.74) is 1.42. The highest BCUT2D eigenvalue weighted by Gasteiger charge is 2.16. The zero-order chi connectivity index (χ0) is 15.5. The van der Waals surface area contributed by atoms with Gasteiger partial charge in [-0.15, -0.1) is 0 Å². The van der Waals surface area contributed by atoms with Gasteiger partial charge in [-0.05, 0) is 42.5 Å². The molecule has 2 aromatic carbocycles. The molecule has 2 rings (SSSR count). The summed E-state index contributed by atoms with van der Waals surface area (Å²) in [5, 5.41) is 12.1. The van der Waals surface area contributed by atoms with Crippen molar-refractivity contribution in [3.63, 3.8) is 0 Å². The lowest BCUT2D eigenvalue weighted by atomic mass is 10.2. The van der Waals surface area contributed by atoms with Crippen LogP contribution in [0.2, 0.25) is 5.02 Å². The molecule has 0 bridgehead atoms. The van der Waals surface area contributed by atoms with Gasteiger partial charge in [0.05, 0.1) is 15.5 Å². The molecule has 0 radical (unpaired) electrons. The zero-order valence-electron chi connectivity index (χ0n) is 11.1. The Kier molecular flexibility index (Phi) is 4.36. The Morgan fingerprint density at radius 1 is 1.10 bits per heavy atom. The minimum absolute atomic E-state index is 0.0128. The Balaban J connectivity index is 2.31. The van der Waals surface area contributed by atoms with E-state index in [2.05, 4.69) is 10.0 Å². The third-order valence-corrected chi connectivity index (χ3v) is 4.50. The second-order valence-corrected chi connectivity index (χ2v) is 6.28. The van der Waals surface area contributed by atoms with Crippen molar-refractivity contribution in [3.05, 3.63) is 53.1 Å². The molecule has 0 aliphatic heterocycles. The third kappa shape index (κ3) is 3.45. The standard InChI is InChI=1S/C14H12ClN3O2S/c1-17-11-2-4-12(5-3-11)18-21(19,20)13-6-7-14(15)10(8-13)9-16/h2-8,17-18H,1H3. The third-order valence-electron chi connectivity index (χ3n) is 2.79. The number of halogens is 1. The van der Waals surface area contributed by atoms with Crippen molar-refractivity contribution in [1.29, 1.82) is 5.26 Å². The maximum atomic E-state index is 12.3. The number of sulfonamides is 1. The Morgan fingerprint density at radius 2 is 1.71 bits per heavy atom. The van der Waals surface area contributed by atoms with Crippen molar-refractivity contribution in [2.75, 3.05) is 17.1 Å². The minimum atomic E-state index is -3.76. The van der Waals surface area contributed by atoms with E-state index in [1.54, 1.807) is 31.3 Å². The highest BCUT2D eigenvalue weighted by atomic mass is 35.5. The van der Waals surface area contributed by atoms with Crippen molar-refractivity contribution in [2.24, 2.45) is 0 Å². The first-order valence-corrected chi connectivity index (χ1v) is 7.82. The fourth-order valence-corrected chi connectivity index (χ4v) is 2.92. The average molecular weight is 322 g/mol. The Bertz CT molecular complexity index is 796. The van der Waals surface area contributed by atoms with Crippen molar-refractivity contribution in [2.45, 2.75) is 4.90 Å². The number of nitrogens with zero attached hydrogens (tertiary/aromatic N) is 1. The maximum Gasteiger partial charge on any atom is 0.261 e. The average Bonchev–Trinajstić information content (AvgIpc) is 2.48. The highest BCUT2D eigenvalue weighted by molar-refractivity contribution is 7.92. The van der Waals surface area contributed by atoms with Gasteiger partial charge >= 0.3 is 0 Å². The smallest absolute Gasteiger partial charge is 0.261 e. The summed E-state index contributed by atoms with van der Waals surface area (Å²) >= 11 is 5.80. The molecule has 21 heavy (non-hydrogen) atoms. The fourth-order valence-electron chi connectivity index (χ4n) is 1.68. The van der Waals surface area contributed by atoms with Gasteiger partial charge in [-0.2, -0.15) is 5.26 Å². The van der Waals surface area contributed by atoms with Crippen LogP contribution in [0.15, 0.2) is 47.4 Å². The van der Waals surface area contributed by atoms with Gasteiger partial charge in [-0.25, -0.2) is 8.42 Å². The van der Waals surface area contributed by atoms with Crippen LogP contribution < -0.4 is 10.0 Å². The SMILES string of the molecule is CNc1ccc(NS(=O)(=O)c2ccc(Cl)c(C#N)c2)cc1. The molecule has 0 heterocycles. The predicted molar refractivity (Wildman–Crippen MR) is 83.0 cm³/mol. The molecule has 108 valence electrons.